The first kappa shape index (κ1) is 11.8. The average molecular weight is 262 g/mol. The molecular weight excluding hydrogens is 257 g/mol. The van der Waals surface area contributed by atoms with Gasteiger partial charge in [-0.2, -0.15) is 18.3 Å². The van der Waals surface area contributed by atoms with Gasteiger partial charge in [-0.1, -0.05) is 24.3 Å². The molecule has 90 valence electrons. The van der Waals surface area contributed by atoms with E-state index in [0.29, 0.717) is 0 Å². The summed E-state index contributed by atoms with van der Waals surface area (Å²) in [4.78, 5) is 0. The summed E-state index contributed by atoms with van der Waals surface area (Å²) in [7, 11) is -5.48. The van der Waals surface area contributed by atoms with Gasteiger partial charge < -0.3 is 0 Å². The molecule has 0 spiro atoms. The summed E-state index contributed by atoms with van der Waals surface area (Å²) in [5.74, 6) is 0. The number of rotatable bonds is 1. The van der Waals surface area contributed by atoms with Crippen molar-refractivity contribution >= 4 is 20.6 Å². The average Bonchev–Trinajstić information content (AvgIpc) is 2.26. The molecule has 0 atom stereocenters. The van der Waals surface area contributed by atoms with Crippen LogP contribution in [0.15, 0.2) is 35.5 Å². The number of fused-ring (bicyclic) bond motifs is 1. The van der Waals surface area contributed by atoms with Crippen molar-refractivity contribution in [2.24, 2.45) is 0 Å². The third-order valence-electron chi connectivity index (χ3n) is 2.10. The van der Waals surface area contributed by atoms with Gasteiger partial charge in [0.2, 0.25) is 0 Å². The molecule has 0 aliphatic rings. The number of hydrogen-bond donors (Lipinski definition) is 0. The molecule has 0 unspecified atom stereocenters. The summed E-state index contributed by atoms with van der Waals surface area (Å²) in [6.45, 7) is 0. The molecule has 0 N–H and O–H groups in total. The molecule has 0 fully saturated rings. The predicted molar refractivity (Wildman–Crippen MR) is 52.8 cm³/mol. The number of halogens is 3. The maximum absolute atomic E-state index is 12.4. The monoisotopic (exact) mass is 262 g/mol. The first-order chi connectivity index (χ1) is 7.84. The van der Waals surface area contributed by atoms with E-state index < -0.39 is 20.4 Å². The van der Waals surface area contributed by atoms with E-state index in [-0.39, 0.29) is 10.8 Å². The highest BCUT2D eigenvalue weighted by Crippen LogP contribution is 2.32. The Balaban J connectivity index is 2.82. The number of alkyl halides is 3. The Hall–Kier alpha value is -1.70. The molecule has 1 aromatic heterocycles. The van der Waals surface area contributed by atoms with Crippen molar-refractivity contribution in [1.29, 1.82) is 0 Å². The highest BCUT2D eigenvalue weighted by Gasteiger charge is 2.49. The van der Waals surface area contributed by atoms with Gasteiger partial charge in [-0.25, -0.2) is 8.42 Å². The van der Waals surface area contributed by atoms with Crippen LogP contribution in [-0.2, 0) is 9.84 Å². The van der Waals surface area contributed by atoms with Gasteiger partial charge in [0.25, 0.3) is 9.84 Å². The zero-order valence-corrected chi connectivity index (χ0v) is 8.96. The van der Waals surface area contributed by atoms with Gasteiger partial charge in [0.05, 0.1) is 6.20 Å². The minimum Gasteiger partial charge on any atom is -0.213 e. The van der Waals surface area contributed by atoms with E-state index in [0.717, 1.165) is 0 Å². The molecule has 0 aliphatic carbocycles. The van der Waals surface area contributed by atoms with Crippen LogP contribution in [0.5, 0.6) is 0 Å². The molecule has 1 aromatic carbocycles. The van der Waals surface area contributed by atoms with Crippen LogP contribution in [0.25, 0.3) is 10.8 Å². The van der Waals surface area contributed by atoms with E-state index >= 15 is 0 Å². The second kappa shape index (κ2) is 3.66. The summed E-state index contributed by atoms with van der Waals surface area (Å²) in [5.41, 5.74) is -5.38. The first-order valence-corrected chi connectivity index (χ1v) is 5.84. The van der Waals surface area contributed by atoms with Crippen molar-refractivity contribution in [2.75, 3.05) is 0 Å². The molecule has 0 bridgehead atoms. The van der Waals surface area contributed by atoms with Crippen molar-refractivity contribution in [3.63, 3.8) is 0 Å². The Labute approximate surface area is 94.0 Å². The van der Waals surface area contributed by atoms with Gasteiger partial charge in [0.15, 0.2) is 5.03 Å². The molecule has 1 heterocycles. The molecule has 0 aliphatic heterocycles. The van der Waals surface area contributed by atoms with E-state index in [1.165, 1.54) is 24.4 Å². The second-order valence-electron chi connectivity index (χ2n) is 3.19. The van der Waals surface area contributed by atoms with Gasteiger partial charge in [0, 0.05) is 10.8 Å². The fourth-order valence-electron chi connectivity index (χ4n) is 1.31. The van der Waals surface area contributed by atoms with Crippen LogP contribution in [0.3, 0.4) is 0 Å². The van der Waals surface area contributed by atoms with Gasteiger partial charge >= 0.3 is 5.51 Å². The highest BCUT2D eigenvalue weighted by molar-refractivity contribution is 7.92. The molecule has 2 aromatic rings. The first-order valence-electron chi connectivity index (χ1n) is 4.36. The molecular formula is C9H5F3N2O2S. The van der Waals surface area contributed by atoms with Crippen molar-refractivity contribution in [3.8, 4) is 0 Å². The SMILES string of the molecule is O=S(=O)(c1nncc2ccccc12)C(F)(F)F. The lowest BCUT2D eigenvalue weighted by atomic mass is 10.2. The fourth-order valence-corrected chi connectivity index (χ4v) is 2.16. The van der Waals surface area contributed by atoms with E-state index in [1.807, 2.05) is 0 Å². The Morgan fingerprint density at radius 3 is 2.41 bits per heavy atom. The number of hydrogen-bond acceptors (Lipinski definition) is 4. The normalized spacial score (nSPS) is 12.9. The minimum absolute atomic E-state index is 0.0974. The van der Waals surface area contributed by atoms with Crippen LogP contribution in [-0.4, -0.2) is 24.1 Å². The predicted octanol–water partition coefficient (Wildman–Crippen LogP) is 1.92. The molecule has 2 rings (SSSR count). The quantitative estimate of drug-likeness (QED) is 0.787. The summed E-state index contributed by atoms with van der Waals surface area (Å²) in [5, 5.41) is 5.47. The minimum atomic E-state index is -5.48. The van der Waals surface area contributed by atoms with Crippen molar-refractivity contribution in [2.45, 2.75) is 10.5 Å². The number of aromatic nitrogens is 2. The van der Waals surface area contributed by atoms with Crippen molar-refractivity contribution in [3.05, 3.63) is 30.5 Å². The van der Waals surface area contributed by atoms with Crippen molar-refractivity contribution in [1.82, 2.24) is 10.2 Å². The van der Waals surface area contributed by atoms with E-state index in [1.54, 1.807) is 6.07 Å². The Kier molecular flexibility index (Phi) is 2.53. The molecule has 8 heteroatoms. The fraction of sp³-hybridized carbons (Fsp3) is 0.111. The topological polar surface area (TPSA) is 59.9 Å². The largest absolute Gasteiger partial charge is 0.503 e. The maximum atomic E-state index is 12.4. The second-order valence-corrected chi connectivity index (χ2v) is 5.04. The third kappa shape index (κ3) is 1.84. The van der Waals surface area contributed by atoms with Crippen molar-refractivity contribution < 1.29 is 21.6 Å². The maximum Gasteiger partial charge on any atom is 0.503 e. The molecule has 0 saturated heterocycles. The molecule has 0 radical (unpaired) electrons. The number of benzene rings is 1. The van der Waals surface area contributed by atoms with Gasteiger partial charge in [-0.3, -0.25) is 0 Å². The zero-order valence-electron chi connectivity index (χ0n) is 8.14. The summed E-state index contributed by atoms with van der Waals surface area (Å²) < 4.78 is 59.7. The lowest BCUT2D eigenvalue weighted by Crippen LogP contribution is -2.24. The van der Waals surface area contributed by atoms with Gasteiger partial charge in [-0.15, -0.1) is 5.10 Å². The van der Waals surface area contributed by atoms with Crippen LogP contribution in [0.4, 0.5) is 13.2 Å². The Morgan fingerprint density at radius 2 is 1.76 bits per heavy atom. The van der Waals surface area contributed by atoms with E-state index in [9.17, 15) is 21.6 Å². The molecule has 0 amide bonds. The van der Waals surface area contributed by atoms with Crippen LogP contribution < -0.4 is 0 Å². The van der Waals surface area contributed by atoms with E-state index in [4.69, 9.17) is 0 Å². The van der Waals surface area contributed by atoms with Crippen LogP contribution >= 0.6 is 0 Å². The summed E-state index contributed by atoms with van der Waals surface area (Å²) in [6, 6.07) is 5.70. The van der Waals surface area contributed by atoms with Gasteiger partial charge in [0.1, 0.15) is 0 Å². The number of sulfone groups is 1. The molecule has 4 nitrogen and oxygen atoms in total. The molecule has 0 saturated carbocycles. The standard InChI is InChI=1S/C9H5F3N2O2S/c10-9(11,12)17(15,16)8-7-4-2-1-3-6(7)5-13-14-8/h1-5H. The summed E-state index contributed by atoms with van der Waals surface area (Å²) >= 11 is 0. The third-order valence-corrected chi connectivity index (χ3v) is 3.52. The summed E-state index contributed by atoms with van der Waals surface area (Å²) in [6.07, 6.45) is 1.20. The van der Waals surface area contributed by atoms with E-state index in [2.05, 4.69) is 10.2 Å². The van der Waals surface area contributed by atoms with Crippen LogP contribution in [0.2, 0.25) is 0 Å². The van der Waals surface area contributed by atoms with Gasteiger partial charge in [-0.05, 0) is 0 Å². The Bertz CT molecular complexity index is 662. The smallest absolute Gasteiger partial charge is 0.213 e. The Morgan fingerprint density at radius 1 is 1.12 bits per heavy atom. The van der Waals surface area contributed by atoms with Crippen LogP contribution in [0.1, 0.15) is 0 Å². The lowest BCUT2D eigenvalue weighted by molar-refractivity contribution is -0.0437. The lowest BCUT2D eigenvalue weighted by Gasteiger charge is -2.08. The molecule has 17 heavy (non-hydrogen) atoms. The highest BCUT2D eigenvalue weighted by atomic mass is 32.2. The number of nitrogens with zero attached hydrogens (tertiary/aromatic N) is 2. The zero-order chi connectivity index (χ0) is 12.7. The van der Waals surface area contributed by atoms with Crippen LogP contribution in [0, 0.1) is 0 Å².